The molecule has 0 unspecified atom stereocenters. The van der Waals surface area contributed by atoms with E-state index in [9.17, 15) is 9.59 Å². The predicted molar refractivity (Wildman–Crippen MR) is 60.1 cm³/mol. The first-order valence-electron chi connectivity index (χ1n) is 4.69. The lowest BCUT2D eigenvalue weighted by atomic mass is 10.1. The number of nitrogen functional groups attached to an aromatic ring is 1. The molecule has 0 radical (unpaired) electrons. The number of carbonyl (C=O) groups is 2. The van der Waals surface area contributed by atoms with Crippen molar-refractivity contribution in [2.75, 3.05) is 27.1 Å². The highest BCUT2D eigenvalue weighted by Crippen LogP contribution is 2.27. The number of benzene rings is 1. The zero-order chi connectivity index (χ0) is 13.0. The molecule has 0 saturated heterocycles. The summed E-state index contributed by atoms with van der Waals surface area (Å²) in [7, 11) is 3.84. The van der Waals surface area contributed by atoms with E-state index in [1.165, 1.54) is 33.5 Å². The van der Waals surface area contributed by atoms with Crippen LogP contribution in [0, 0.1) is 0 Å². The molecule has 0 aliphatic heterocycles. The van der Waals surface area contributed by atoms with E-state index in [1.807, 2.05) is 0 Å². The molecule has 0 amide bonds. The standard InChI is InChI=1S/C11H13NO5/c1-15-8-5-6(10(13)16-2)4-7(12)9(8)11(14)17-3/h4-5H,12H2,1-3H3. The van der Waals surface area contributed by atoms with Crippen LogP contribution in [0.3, 0.4) is 0 Å². The van der Waals surface area contributed by atoms with E-state index in [2.05, 4.69) is 9.47 Å². The summed E-state index contributed by atoms with van der Waals surface area (Å²) >= 11 is 0. The number of anilines is 1. The highest BCUT2D eigenvalue weighted by Gasteiger charge is 2.20. The molecule has 0 aliphatic carbocycles. The zero-order valence-electron chi connectivity index (χ0n) is 9.77. The fourth-order valence-electron chi connectivity index (χ4n) is 1.35. The summed E-state index contributed by atoms with van der Waals surface area (Å²) < 4.78 is 14.1. The van der Waals surface area contributed by atoms with Crippen LogP contribution in [0.5, 0.6) is 5.75 Å². The molecule has 0 aromatic heterocycles. The van der Waals surface area contributed by atoms with Crippen molar-refractivity contribution < 1.29 is 23.8 Å². The van der Waals surface area contributed by atoms with Gasteiger partial charge in [0.2, 0.25) is 0 Å². The number of nitrogens with two attached hydrogens (primary N) is 1. The third-order valence-electron chi connectivity index (χ3n) is 2.16. The number of esters is 2. The molecular weight excluding hydrogens is 226 g/mol. The maximum absolute atomic E-state index is 11.5. The maximum atomic E-state index is 11.5. The summed E-state index contributed by atoms with van der Waals surface area (Å²) in [5, 5.41) is 0. The van der Waals surface area contributed by atoms with E-state index in [-0.39, 0.29) is 22.6 Å². The van der Waals surface area contributed by atoms with Crippen LogP contribution in [0.15, 0.2) is 12.1 Å². The van der Waals surface area contributed by atoms with Crippen molar-refractivity contribution in [2.45, 2.75) is 0 Å². The molecule has 0 fully saturated rings. The van der Waals surface area contributed by atoms with E-state index < -0.39 is 11.9 Å². The highest BCUT2D eigenvalue weighted by molar-refractivity contribution is 6.01. The minimum absolute atomic E-state index is 0.0858. The number of carbonyl (C=O) groups excluding carboxylic acids is 2. The fourth-order valence-corrected chi connectivity index (χ4v) is 1.35. The summed E-state index contributed by atoms with van der Waals surface area (Å²) in [6.45, 7) is 0. The molecule has 0 spiro atoms. The van der Waals surface area contributed by atoms with Gasteiger partial charge < -0.3 is 19.9 Å². The maximum Gasteiger partial charge on any atom is 0.343 e. The van der Waals surface area contributed by atoms with Crippen LogP contribution in [0.2, 0.25) is 0 Å². The van der Waals surface area contributed by atoms with Gasteiger partial charge in [0.25, 0.3) is 0 Å². The Balaban J connectivity index is 3.35. The van der Waals surface area contributed by atoms with Gasteiger partial charge in [-0.1, -0.05) is 0 Å². The van der Waals surface area contributed by atoms with E-state index in [1.54, 1.807) is 0 Å². The first kappa shape index (κ1) is 12.8. The van der Waals surface area contributed by atoms with Gasteiger partial charge in [0, 0.05) is 0 Å². The van der Waals surface area contributed by atoms with Crippen molar-refractivity contribution in [3.8, 4) is 5.75 Å². The van der Waals surface area contributed by atoms with Crippen molar-refractivity contribution >= 4 is 17.6 Å². The average molecular weight is 239 g/mol. The first-order chi connectivity index (χ1) is 8.04. The molecule has 0 atom stereocenters. The molecule has 0 heterocycles. The summed E-state index contributed by atoms with van der Waals surface area (Å²) in [5.41, 5.74) is 6.06. The van der Waals surface area contributed by atoms with Gasteiger partial charge >= 0.3 is 11.9 Å². The Bertz CT molecular complexity index is 455. The lowest BCUT2D eigenvalue weighted by Crippen LogP contribution is -2.11. The predicted octanol–water partition coefficient (Wildman–Crippen LogP) is 0.851. The Labute approximate surface area is 98.3 Å². The van der Waals surface area contributed by atoms with Crippen molar-refractivity contribution in [1.29, 1.82) is 0 Å². The van der Waals surface area contributed by atoms with Gasteiger partial charge in [0.05, 0.1) is 32.6 Å². The summed E-state index contributed by atoms with van der Waals surface area (Å²) in [6, 6.07) is 2.70. The Morgan fingerprint density at radius 2 is 1.65 bits per heavy atom. The van der Waals surface area contributed by atoms with Crippen LogP contribution in [0.1, 0.15) is 20.7 Å². The molecule has 92 valence electrons. The number of ether oxygens (including phenoxy) is 3. The molecule has 0 saturated carbocycles. The molecule has 6 heteroatoms. The molecule has 1 rings (SSSR count). The second kappa shape index (κ2) is 5.20. The lowest BCUT2D eigenvalue weighted by Gasteiger charge is -2.11. The highest BCUT2D eigenvalue weighted by atomic mass is 16.5. The van der Waals surface area contributed by atoms with Crippen LogP contribution in [0.25, 0.3) is 0 Å². The molecule has 1 aromatic rings. The molecule has 1 aromatic carbocycles. The van der Waals surface area contributed by atoms with Gasteiger partial charge in [-0.15, -0.1) is 0 Å². The van der Waals surface area contributed by atoms with Crippen LogP contribution in [-0.4, -0.2) is 33.3 Å². The third-order valence-corrected chi connectivity index (χ3v) is 2.16. The van der Waals surface area contributed by atoms with Gasteiger partial charge in [-0.25, -0.2) is 9.59 Å². The minimum Gasteiger partial charge on any atom is -0.496 e. The van der Waals surface area contributed by atoms with E-state index in [0.29, 0.717) is 0 Å². The Morgan fingerprint density at radius 1 is 1.06 bits per heavy atom. The van der Waals surface area contributed by atoms with Crippen LogP contribution >= 0.6 is 0 Å². The second-order valence-corrected chi connectivity index (χ2v) is 3.13. The SMILES string of the molecule is COC(=O)c1cc(N)c(C(=O)OC)c(OC)c1. The van der Waals surface area contributed by atoms with Crippen molar-refractivity contribution in [1.82, 2.24) is 0 Å². The molecule has 6 nitrogen and oxygen atoms in total. The Hall–Kier alpha value is -2.24. The lowest BCUT2D eigenvalue weighted by molar-refractivity contribution is 0.0584. The largest absolute Gasteiger partial charge is 0.496 e. The Morgan fingerprint density at radius 3 is 2.12 bits per heavy atom. The van der Waals surface area contributed by atoms with Gasteiger partial charge in [0.1, 0.15) is 11.3 Å². The smallest absolute Gasteiger partial charge is 0.343 e. The third kappa shape index (κ3) is 2.47. The fraction of sp³-hybridized carbons (Fsp3) is 0.273. The minimum atomic E-state index is -0.629. The quantitative estimate of drug-likeness (QED) is 0.621. The summed E-state index contributed by atoms with van der Waals surface area (Å²) in [5.74, 6) is -1.03. The van der Waals surface area contributed by atoms with Crippen LogP contribution in [0.4, 0.5) is 5.69 Å². The van der Waals surface area contributed by atoms with Crippen molar-refractivity contribution in [3.63, 3.8) is 0 Å². The van der Waals surface area contributed by atoms with Gasteiger partial charge in [-0.05, 0) is 12.1 Å². The Kier molecular flexibility index (Phi) is 3.92. The molecule has 0 aliphatic rings. The van der Waals surface area contributed by atoms with Crippen molar-refractivity contribution in [2.24, 2.45) is 0 Å². The number of hydrogen-bond acceptors (Lipinski definition) is 6. The van der Waals surface area contributed by atoms with Gasteiger partial charge in [-0.3, -0.25) is 0 Å². The second-order valence-electron chi connectivity index (χ2n) is 3.13. The van der Waals surface area contributed by atoms with E-state index in [0.717, 1.165) is 0 Å². The molecule has 17 heavy (non-hydrogen) atoms. The van der Waals surface area contributed by atoms with E-state index in [4.69, 9.17) is 10.5 Å². The normalized spacial score (nSPS) is 9.59. The molecule has 2 N–H and O–H groups in total. The monoisotopic (exact) mass is 239 g/mol. The number of hydrogen-bond donors (Lipinski definition) is 1. The van der Waals surface area contributed by atoms with Crippen LogP contribution in [-0.2, 0) is 9.47 Å². The number of rotatable bonds is 3. The average Bonchev–Trinajstić information content (AvgIpc) is 2.35. The zero-order valence-corrected chi connectivity index (χ0v) is 9.77. The molecular formula is C11H13NO5. The van der Waals surface area contributed by atoms with Gasteiger partial charge in [0.15, 0.2) is 0 Å². The van der Waals surface area contributed by atoms with E-state index >= 15 is 0 Å². The summed E-state index contributed by atoms with van der Waals surface area (Å²) in [4.78, 5) is 22.8. The van der Waals surface area contributed by atoms with Crippen LogP contribution < -0.4 is 10.5 Å². The van der Waals surface area contributed by atoms with Gasteiger partial charge in [-0.2, -0.15) is 0 Å². The van der Waals surface area contributed by atoms with Crippen molar-refractivity contribution in [3.05, 3.63) is 23.3 Å². The molecule has 0 bridgehead atoms. The topological polar surface area (TPSA) is 87.9 Å². The summed E-state index contributed by atoms with van der Waals surface area (Å²) in [6.07, 6.45) is 0. The first-order valence-corrected chi connectivity index (χ1v) is 4.69. The number of methoxy groups -OCH3 is 3.